The second kappa shape index (κ2) is 5.92. The zero-order valence-corrected chi connectivity index (χ0v) is 9.98. The van der Waals surface area contributed by atoms with Crippen LogP contribution in [0.25, 0.3) is 0 Å². The van der Waals surface area contributed by atoms with Gasteiger partial charge in [-0.15, -0.1) is 0 Å². The molecule has 96 valence electrons. The predicted octanol–water partition coefficient (Wildman–Crippen LogP) is 0.690. The Morgan fingerprint density at radius 2 is 2.00 bits per heavy atom. The number of esters is 1. The fraction of sp³-hybridized carbons (Fsp3) is 0.600. The lowest BCUT2D eigenvalue weighted by Gasteiger charge is -2.18. The van der Waals surface area contributed by atoms with Gasteiger partial charge in [0, 0.05) is 12.8 Å². The van der Waals surface area contributed by atoms with Crippen molar-refractivity contribution in [3.63, 3.8) is 0 Å². The molecule has 0 bridgehead atoms. The van der Waals surface area contributed by atoms with Crippen molar-refractivity contribution in [2.45, 2.75) is 25.7 Å². The van der Waals surface area contributed by atoms with E-state index < -0.39 is 16.1 Å². The van der Waals surface area contributed by atoms with Gasteiger partial charge >= 0.3 is 5.97 Å². The van der Waals surface area contributed by atoms with E-state index in [4.69, 9.17) is 9.29 Å². The summed E-state index contributed by atoms with van der Waals surface area (Å²) in [6.45, 7) is -0.205. The Balaban J connectivity index is 2.30. The average molecular weight is 262 g/mol. The summed E-state index contributed by atoms with van der Waals surface area (Å²) < 4.78 is 33.8. The number of carbonyl (C=O) groups excluding carboxylic acids is 2. The molecule has 0 heterocycles. The van der Waals surface area contributed by atoms with Crippen LogP contribution in [0.1, 0.15) is 25.7 Å². The Hall–Kier alpha value is -1.21. The summed E-state index contributed by atoms with van der Waals surface area (Å²) in [6, 6.07) is 0. The van der Waals surface area contributed by atoms with Gasteiger partial charge in [0.1, 0.15) is 12.4 Å². The van der Waals surface area contributed by atoms with Gasteiger partial charge in [-0.05, 0) is 18.9 Å². The Labute approximate surface area is 99.4 Å². The van der Waals surface area contributed by atoms with E-state index in [1.807, 2.05) is 0 Å². The molecule has 7 heteroatoms. The van der Waals surface area contributed by atoms with Crippen LogP contribution in [0.4, 0.5) is 0 Å². The van der Waals surface area contributed by atoms with E-state index in [-0.39, 0.29) is 18.3 Å². The van der Waals surface area contributed by atoms with Crippen LogP contribution < -0.4 is 0 Å². The minimum Gasteiger partial charge on any atom is -0.461 e. The van der Waals surface area contributed by atoms with Crippen LogP contribution >= 0.6 is 0 Å². The molecular weight excluding hydrogens is 248 g/mol. The highest BCUT2D eigenvalue weighted by molar-refractivity contribution is 7.88. The molecule has 0 atom stereocenters. The maximum atomic E-state index is 11.4. The minimum atomic E-state index is -4.17. The molecule has 0 aromatic rings. The second-order valence-electron chi connectivity index (χ2n) is 3.83. The van der Waals surface area contributed by atoms with Gasteiger partial charge in [0.25, 0.3) is 10.1 Å². The molecule has 0 aromatic carbocycles. The van der Waals surface area contributed by atoms with Gasteiger partial charge in [0.05, 0.1) is 11.3 Å². The van der Waals surface area contributed by atoms with E-state index in [2.05, 4.69) is 0 Å². The predicted molar refractivity (Wildman–Crippen MR) is 58.6 cm³/mol. The first-order valence-corrected chi connectivity index (χ1v) is 6.71. The smallest absolute Gasteiger partial charge is 0.309 e. The Bertz CT molecular complexity index is 412. The molecule has 1 N–H and O–H groups in total. The van der Waals surface area contributed by atoms with Gasteiger partial charge in [-0.3, -0.25) is 14.1 Å². The highest BCUT2D eigenvalue weighted by Gasteiger charge is 2.25. The first-order valence-electron chi connectivity index (χ1n) is 5.21. The van der Waals surface area contributed by atoms with Crippen molar-refractivity contribution in [1.29, 1.82) is 0 Å². The van der Waals surface area contributed by atoms with Crippen molar-refractivity contribution in [1.82, 2.24) is 0 Å². The van der Waals surface area contributed by atoms with Crippen LogP contribution in [0.3, 0.4) is 0 Å². The van der Waals surface area contributed by atoms with E-state index in [0.717, 1.165) is 6.08 Å². The van der Waals surface area contributed by atoms with Crippen molar-refractivity contribution in [2.24, 2.45) is 5.92 Å². The van der Waals surface area contributed by atoms with Crippen molar-refractivity contribution in [2.75, 3.05) is 6.61 Å². The van der Waals surface area contributed by atoms with E-state index in [1.54, 1.807) is 0 Å². The number of carbonyl (C=O) groups is 2. The molecule has 0 aliphatic heterocycles. The average Bonchev–Trinajstić information content (AvgIpc) is 2.24. The van der Waals surface area contributed by atoms with Gasteiger partial charge in [0.2, 0.25) is 0 Å². The Morgan fingerprint density at radius 3 is 2.53 bits per heavy atom. The fourth-order valence-corrected chi connectivity index (χ4v) is 1.91. The Kier molecular flexibility index (Phi) is 4.83. The lowest BCUT2D eigenvalue weighted by molar-refractivity contribution is -0.148. The molecule has 1 saturated carbocycles. The number of ether oxygens (including phenoxy) is 1. The van der Waals surface area contributed by atoms with Gasteiger partial charge in [-0.2, -0.15) is 8.42 Å². The van der Waals surface area contributed by atoms with E-state index in [1.165, 1.54) is 0 Å². The molecule has 0 unspecified atom stereocenters. The monoisotopic (exact) mass is 262 g/mol. The summed E-state index contributed by atoms with van der Waals surface area (Å²) in [5, 5.41) is 0.560. The standard InChI is InChI=1S/C10H14O6S/c11-9-4-2-8(3-5-9)10(12)16-6-1-7-17(13,14)15/h1,7-8H,2-6H2,(H,13,14,15)/b7-1+. The summed E-state index contributed by atoms with van der Waals surface area (Å²) in [4.78, 5) is 22.4. The van der Waals surface area contributed by atoms with Gasteiger partial charge < -0.3 is 4.74 Å². The third-order valence-corrected chi connectivity index (χ3v) is 3.00. The number of hydrogen-bond donors (Lipinski definition) is 1. The summed E-state index contributed by atoms with van der Waals surface area (Å²) in [5.41, 5.74) is 0. The molecule has 1 aliphatic carbocycles. The lowest BCUT2D eigenvalue weighted by Crippen LogP contribution is -2.23. The molecule has 0 radical (unpaired) electrons. The van der Waals surface area contributed by atoms with Crippen molar-refractivity contribution in [3.05, 3.63) is 11.5 Å². The number of rotatable bonds is 4. The number of Topliss-reactive ketones (excluding diaryl/α,β-unsaturated/α-hetero) is 1. The molecule has 0 saturated heterocycles. The number of ketones is 1. The van der Waals surface area contributed by atoms with Crippen LogP contribution in [0.2, 0.25) is 0 Å². The van der Waals surface area contributed by atoms with Gasteiger partial charge in [-0.25, -0.2) is 0 Å². The number of hydrogen-bond acceptors (Lipinski definition) is 5. The van der Waals surface area contributed by atoms with Gasteiger partial charge in [-0.1, -0.05) is 0 Å². The fourth-order valence-electron chi connectivity index (χ4n) is 1.58. The van der Waals surface area contributed by atoms with Crippen LogP contribution in [0.15, 0.2) is 11.5 Å². The lowest BCUT2D eigenvalue weighted by atomic mass is 9.88. The van der Waals surface area contributed by atoms with Crippen LogP contribution in [0.5, 0.6) is 0 Å². The molecule has 17 heavy (non-hydrogen) atoms. The second-order valence-corrected chi connectivity index (χ2v) is 5.13. The third kappa shape index (κ3) is 5.60. The van der Waals surface area contributed by atoms with Crippen molar-refractivity contribution in [3.8, 4) is 0 Å². The van der Waals surface area contributed by atoms with Crippen LogP contribution in [0, 0.1) is 5.92 Å². The zero-order chi connectivity index (χ0) is 12.9. The molecule has 1 fully saturated rings. The molecule has 0 amide bonds. The molecule has 6 nitrogen and oxygen atoms in total. The third-order valence-electron chi connectivity index (χ3n) is 2.47. The largest absolute Gasteiger partial charge is 0.461 e. The summed E-state index contributed by atoms with van der Waals surface area (Å²) >= 11 is 0. The maximum absolute atomic E-state index is 11.4. The highest BCUT2D eigenvalue weighted by Crippen LogP contribution is 2.22. The van der Waals surface area contributed by atoms with Crippen LogP contribution in [-0.4, -0.2) is 31.3 Å². The van der Waals surface area contributed by atoms with Gasteiger partial charge in [0.15, 0.2) is 0 Å². The molecular formula is C10H14O6S. The highest BCUT2D eigenvalue weighted by atomic mass is 32.2. The van der Waals surface area contributed by atoms with E-state index in [0.29, 0.717) is 31.1 Å². The summed E-state index contributed by atoms with van der Waals surface area (Å²) in [5.74, 6) is -0.565. The molecule has 1 aliphatic rings. The van der Waals surface area contributed by atoms with E-state index >= 15 is 0 Å². The quantitative estimate of drug-likeness (QED) is 0.591. The first kappa shape index (κ1) is 13.9. The molecule has 0 spiro atoms. The normalized spacial score (nSPS) is 18.5. The minimum absolute atomic E-state index is 0.153. The topological polar surface area (TPSA) is 97.7 Å². The van der Waals surface area contributed by atoms with Crippen molar-refractivity contribution >= 4 is 21.9 Å². The Morgan fingerprint density at radius 1 is 1.41 bits per heavy atom. The van der Waals surface area contributed by atoms with E-state index in [9.17, 15) is 18.0 Å². The SMILES string of the molecule is O=C1CCC(C(=O)OC/C=C/S(=O)(=O)O)CC1. The van der Waals surface area contributed by atoms with Crippen LogP contribution in [-0.2, 0) is 24.4 Å². The zero-order valence-electron chi connectivity index (χ0n) is 9.16. The summed E-state index contributed by atoms with van der Waals surface area (Å²) in [6.07, 6.45) is 2.79. The summed E-state index contributed by atoms with van der Waals surface area (Å²) in [7, 11) is -4.17. The van der Waals surface area contributed by atoms with Crippen molar-refractivity contribution < 1.29 is 27.3 Å². The molecule has 1 rings (SSSR count). The maximum Gasteiger partial charge on any atom is 0.309 e. The molecule has 0 aromatic heterocycles. The first-order chi connectivity index (χ1) is 7.88.